The number of alkyl halides is 1. The van der Waals surface area contributed by atoms with Crippen LogP contribution in [0.25, 0.3) is 0 Å². The summed E-state index contributed by atoms with van der Waals surface area (Å²) in [7, 11) is 0. The highest BCUT2D eigenvalue weighted by atomic mass is 79.9. The van der Waals surface area contributed by atoms with Crippen LogP contribution in [-0.2, 0) is 9.59 Å². The summed E-state index contributed by atoms with van der Waals surface area (Å²) in [6.07, 6.45) is 5.22. The van der Waals surface area contributed by atoms with Gasteiger partial charge in [0, 0.05) is 28.5 Å². The number of carbonyl (C=O) groups is 2. The molecule has 4 rings (SSSR count). The van der Waals surface area contributed by atoms with Gasteiger partial charge in [-0.3, -0.25) is 9.59 Å². The van der Waals surface area contributed by atoms with Gasteiger partial charge in [0.05, 0.1) is 0 Å². The molecule has 0 radical (unpaired) electrons. The second-order valence-electron chi connectivity index (χ2n) is 6.33. The van der Waals surface area contributed by atoms with Crippen molar-refractivity contribution in [1.29, 1.82) is 0 Å². The van der Waals surface area contributed by atoms with Crippen LogP contribution in [0.3, 0.4) is 0 Å². The predicted octanol–water partition coefficient (Wildman–Crippen LogP) is 2.59. The number of hydrogen-bond acceptors (Lipinski definition) is 2. The van der Waals surface area contributed by atoms with E-state index in [1.54, 1.807) is 0 Å². The van der Waals surface area contributed by atoms with E-state index < -0.39 is 0 Å². The smallest absolute Gasteiger partial charge is 0.140 e. The van der Waals surface area contributed by atoms with Crippen LogP contribution >= 0.6 is 15.9 Å². The highest BCUT2D eigenvalue weighted by Crippen LogP contribution is 2.62. The molecule has 0 aromatic heterocycles. The first-order valence-electron chi connectivity index (χ1n) is 6.91. The molecule has 0 aromatic carbocycles. The molecule has 2 nitrogen and oxygen atoms in total. The van der Waals surface area contributed by atoms with Crippen LogP contribution in [0.2, 0.25) is 0 Å². The first-order chi connectivity index (χ1) is 8.20. The zero-order valence-electron chi connectivity index (χ0n) is 9.77. The van der Waals surface area contributed by atoms with Crippen molar-refractivity contribution in [3.63, 3.8) is 0 Å². The van der Waals surface area contributed by atoms with Crippen molar-refractivity contribution in [3.05, 3.63) is 0 Å². The molecule has 0 aliphatic heterocycles. The number of halogens is 1. The number of ketones is 2. The summed E-state index contributed by atoms with van der Waals surface area (Å²) in [4.78, 5) is 25.3. The van der Waals surface area contributed by atoms with Gasteiger partial charge in [0.15, 0.2) is 0 Å². The highest BCUT2D eigenvalue weighted by molar-refractivity contribution is 9.09. The molecular formula is C14H17BrO2. The molecule has 17 heavy (non-hydrogen) atoms. The number of Topliss-reactive ketones (excluding diaryl/α,β-unsaturated/α-hetero) is 2. The van der Waals surface area contributed by atoms with Crippen LogP contribution in [0.5, 0.6) is 0 Å². The molecule has 92 valence electrons. The summed E-state index contributed by atoms with van der Waals surface area (Å²) < 4.78 is 0. The van der Waals surface area contributed by atoms with E-state index in [2.05, 4.69) is 15.9 Å². The molecule has 4 aliphatic rings. The second kappa shape index (κ2) is 3.43. The fourth-order valence-corrected chi connectivity index (χ4v) is 6.23. The van der Waals surface area contributed by atoms with E-state index in [1.807, 2.05) is 0 Å². The minimum Gasteiger partial charge on any atom is -0.299 e. The maximum absolute atomic E-state index is 12.5. The first kappa shape index (κ1) is 10.7. The Hall–Kier alpha value is -0.180. The molecule has 0 heterocycles. The third kappa shape index (κ3) is 1.17. The minimum absolute atomic E-state index is 0.163. The average Bonchev–Trinajstić information content (AvgIpc) is 2.79. The second-order valence-corrected chi connectivity index (χ2v) is 7.51. The van der Waals surface area contributed by atoms with Gasteiger partial charge in [0.1, 0.15) is 11.6 Å². The Balaban J connectivity index is 1.83. The van der Waals surface area contributed by atoms with Crippen LogP contribution < -0.4 is 0 Å². The van der Waals surface area contributed by atoms with Gasteiger partial charge in [-0.05, 0) is 37.5 Å². The quantitative estimate of drug-likeness (QED) is 0.644. The van der Waals surface area contributed by atoms with E-state index >= 15 is 0 Å². The van der Waals surface area contributed by atoms with Gasteiger partial charge in [-0.1, -0.05) is 22.4 Å². The molecule has 4 fully saturated rings. The van der Waals surface area contributed by atoms with Crippen molar-refractivity contribution in [1.82, 2.24) is 0 Å². The van der Waals surface area contributed by atoms with Gasteiger partial charge in [-0.2, -0.15) is 0 Å². The van der Waals surface area contributed by atoms with Crippen LogP contribution in [0.15, 0.2) is 0 Å². The van der Waals surface area contributed by atoms with E-state index in [4.69, 9.17) is 0 Å². The summed E-state index contributed by atoms with van der Waals surface area (Å²) in [6, 6.07) is 0. The lowest BCUT2D eigenvalue weighted by Crippen LogP contribution is -2.37. The Morgan fingerprint density at radius 1 is 0.824 bits per heavy atom. The van der Waals surface area contributed by atoms with E-state index in [0.29, 0.717) is 28.2 Å². The molecular weight excluding hydrogens is 280 g/mol. The zero-order valence-corrected chi connectivity index (χ0v) is 11.4. The Bertz CT molecular complexity index is 405. The molecule has 4 saturated carbocycles. The molecule has 0 amide bonds. The largest absolute Gasteiger partial charge is 0.299 e. The lowest BCUT2D eigenvalue weighted by Gasteiger charge is -2.32. The van der Waals surface area contributed by atoms with Crippen LogP contribution in [0.4, 0.5) is 0 Å². The summed E-state index contributed by atoms with van der Waals surface area (Å²) in [5.74, 6) is 2.71. The monoisotopic (exact) mass is 296 g/mol. The van der Waals surface area contributed by atoms with Crippen molar-refractivity contribution >= 4 is 27.5 Å². The zero-order chi connectivity index (χ0) is 11.7. The first-order valence-corrected chi connectivity index (χ1v) is 7.83. The SMILES string of the molecule is O=C1C2CCCC3C(=O)C4C(Br)CCC1C4C23. The number of carbonyl (C=O) groups excluding carboxylic acids is 2. The van der Waals surface area contributed by atoms with Gasteiger partial charge in [-0.15, -0.1) is 0 Å². The molecule has 7 atom stereocenters. The van der Waals surface area contributed by atoms with Crippen molar-refractivity contribution in [2.45, 2.75) is 36.9 Å². The van der Waals surface area contributed by atoms with Crippen LogP contribution in [-0.4, -0.2) is 16.4 Å². The van der Waals surface area contributed by atoms with Gasteiger partial charge >= 0.3 is 0 Å². The summed E-state index contributed by atoms with van der Waals surface area (Å²) in [6.45, 7) is 0. The fourth-order valence-electron chi connectivity index (χ4n) is 5.36. The summed E-state index contributed by atoms with van der Waals surface area (Å²) in [5, 5.41) is 0. The van der Waals surface area contributed by atoms with Gasteiger partial charge in [-0.25, -0.2) is 0 Å². The van der Waals surface area contributed by atoms with Gasteiger partial charge in [0.25, 0.3) is 0 Å². The van der Waals surface area contributed by atoms with E-state index in [-0.39, 0.29) is 23.7 Å². The molecule has 0 spiro atoms. The highest BCUT2D eigenvalue weighted by Gasteiger charge is 2.65. The van der Waals surface area contributed by atoms with Crippen molar-refractivity contribution < 1.29 is 9.59 Å². The molecule has 0 N–H and O–H groups in total. The lowest BCUT2D eigenvalue weighted by molar-refractivity contribution is -0.131. The lowest BCUT2D eigenvalue weighted by atomic mass is 9.73. The molecule has 0 aromatic rings. The molecule has 3 heteroatoms. The Kier molecular flexibility index (Phi) is 2.16. The van der Waals surface area contributed by atoms with E-state index in [0.717, 1.165) is 32.1 Å². The number of hydrogen-bond donors (Lipinski definition) is 0. The fraction of sp³-hybridized carbons (Fsp3) is 0.857. The topological polar surface area (TPSA) is 34.1 Å². The Morgan fingerprint density at radius 3 is 2.24 bits per heavy atom. The van der Waals surface area contributed by atoms with E-state index in [9.17, 15) is 9.59 Å². The normalized spacial score (nSPS) is 56.2. The third-order valence-electron chi connectivity index (χ3n) is 5.85. The average molecular weight is 297 g/mol. The minimum atomic E-state index is 0.163. The molecule has 7 unspecified atom stereocenters. The molecule has 4 aliphatic carbocycles. The van der Waals surface area contributed by atoms with Crippen LogP contribution in [0.1, 0.15) is 32.1 Å². The van der Waals surface area contributed by atoms with E-state index in [1.165, 1.54) is 0 Å². The Labute approximate surface area is 110 Å². The van der Waals surface area contributed by atoms with Crippen molar-refractivity contribution in [2.75, 3.05) is 0 Å². The maximum atomic E-state index is 12.5. The van der Waals surface area contributed by atoms with Crippen LogP contribution in [0, 0.1) is 35.5 Å². The van der Waals surface area contributed by atoms with Gasteiger partial charge < -0.3 is 0 Å². The van der Waals surface area contributed by atoms with Crippen molar-refractivity contribution in [3.8, 4) is 0 Å². The molecule has 0 bridgehead atoms. The van der Waals surface area contributed by atoms with Gasteiger partial charge in [0.2, 0.25) is 0 Å². The summed E-state index contributed by atoms with van der Waals surface area (Å²) >= 11 is 3.70. The van der Waals surface area contributed by atoms with Crippen molar-refractivity contribution in [2.24, 2.45) is 35.5 Å². The standard InChI is InChI=1S/C14H17BrO2/c15-9-5-4-8-11-10-6(13(8)16)2-1-3-7(10)14(17)12(9)11/h6-12H,1-5H2. The molecule has 0 saturated heterocycles. The third-order valence-corrected chi connectivity index (χ3v) is 6.88. The maximum Gasteiger partial charge on any atom is 0.140 e. The Morgan fingerprint density at radius 2 is 1.47 bits per heavy atom. The predicted molar refractivity (Wildman–Crippen MR) is 66.8 cm³/mol. The number of rotatable bonds is 0. The summed E-state index contributed by atoms with van der Waals surface area (Å²) in [5.41, 5.74) is 0.